The molecule has 4 rings (SSSR count). The number of carbonyl (C=O) groups is 2. The first kappa shape index (κ1) is 20.1. The lowest BCUT2D eigenvalue weighted by molar-refractivity contribution is -0.122. The summed E-state index contributed by atoms with van der Waals surface area (Å²) in [6, 6.07) is 9.21. The molecule has 0 aliphatic carbocycles. The van der Waals surface area contributed by atoms with E-state index in [0.29, 0.717) is 37.4 Å². The zero-order chi connectivity index (χ0) is 21.4. The van der Waals surface area contributed by atoms with Crippen LogP contribution >= 0.6 is 15.9 Å². The lowest BCUT2D eigenvalue weighted by atomic mass is 9.79. The SMILES string of the molecule is N#CC1C(=O)Nc2nc(N3CCC(C(N)=O)CC3)[nH]c(=O)c2C1c1cccc(Br)c1. The number of nitrogens with one attached hydrogen (secondary N) is 2. The molecule has 2 atom stereocenters. The van der Waals surface area contributed by atoms with Gasteiger partial charge in [-0.05, 0) is 30.5 Å². The maximum absolute atomic E-state index is 13.1. The Morgan fingerprint density at radius 2 is 2.03 bits per heavy atom. The van der Waals surface area contributed by atoms with Crippen molar-refractivity contribution in [3.63, 3.8) is 0 Å². The summed E-state index contributed by atoms with van der Waals surface area (Å²) in [7, 11) is 0. The minimum absolute atomic E-state index is 0.159. The number of nitrogens with zero attached hydrogens (tertiary/aromatic N) is 3. The van der Waals surface area contributed by atoms with Gasteiger partial charge in [-0.3, -0.25) is 19.4 Å². The molecular formula is C20H19BrN6O3. The third-order valence-electron chi connectivity index (χ3n) is 5.65. The van der Waals surface area contributed by atoms with Gasteiger partial charge < -0.3 is 16.0 Å². The van der Waals surface area contributed by atoms with Gasteiger partial charge in [0, 0.05) is 29.4 Å². The van der Waals surface area contributed by atoms with Crippen molar-refractivity contribution < 1.29 is 9.59 Å². The van der Waals surface area contributed by atoms with Crippen molar-refractivity contribution in [1.82, 2.24) is 9.97 Å². The fourth-order valence-corrected chi connectivity index (χ4v) is 4.50. The van der Waals surface area contributed by atoms with Crippen LogP contribution in [0, 0.1) is 23.2 Å². The van der Waals surface area contributed by atoms with Crippen LogP contribution in [0.1, 0.15) is 29.9 Å². The van der Waals surface area contributed by atoms with E-state index in [-0.39, 0.29) is 23.2 Å². The first-order chi connectivity index (χ1) is 14.4. The molecule has 30 heavy (non-hydrogen) atoms. The van der Waals surface area contributed by atoms with Crippen molar-refractivity contribution in [3.8, 4) is 6.07 Å². The minimum atomic E-state index is -1.05. The van der Waals surface area contributed by atoms with Gasteiger partial charge in [0.1, 0.15) is 11.7 Å². The van der Waals surface area contributed by atoms with E-state index in [0.717, 1.165) is 4.47 Å². The number of benzene rings is 1. The van der Waals surface area contributed by atoms with Crippen molar-refractivity contribution in [3.05, 3.63) is 50.2 Å². The maximum Gasteiger partial charge on any atom is 0.258 e. The topological polar surface area (TPSA) is 145 Å². The molecule has 1 saturated heterocycles. The van der Waals surface area contributed by atoms with E-state index < -0.39 is 23.3 Å². The predicted octanol–water partition coefficient (Wildman–Crippen LogP) is 1.46. The van der Waals surface area contributed by atoms with E-state index in [1.807, 2.05) is 17.0 Å². The quantitative estimate of drug-likeness (QED) is 0.618. The van der Waals surface area contributed by atoms with E-state index in [1.165, 1.54) is 0 Å². The summed E-state index contributed by atoms with van der Waals surface area (Å²) in [5.41, 5.74) is 5.91. The van der Waals surface area contributed by atoms with Gasteiger partial charge in [-0.1, -0.05) is 28.1 Å². The van der Waals surface area contributed by atoms with Crippen LogP contribution in [-0.4, -0.2) is 34.9 Å². The second kappa shape index (κ2) is 7.91. The van der Waals surface area contributed by atoms with Crippen LogP contribution in [0.3, 0.4) is 0 Å². The first-order valence-corrected chi connectivity index (χ1v) is 10.3. The molecule has 0 radical (unpaired) electrons. The van der Waals surface area contributed by atoms with E-state index in [4.69, 9.17) is 5.73 Å². The summed E-state index contributed by atoms with van der Waals surface area (Å²) in [6.45, 7) is 1.03. The monoisotopic (exact) mass is 470 g/mol. The maximum atomic E-state index is 13.1. The molecule has 0 spiro atoms. The lowest BCUT2D eigenvalue weighted by Gasteiger charge is -2.33. The van der Waals surface area contributed by atoms with E-state index in [1.54, 1.807) is 18.2 Å². The van der Waals surface area contributed by atoms with Crippen LogP contribution in [0.2, 0.25) is 0 Å². The molecule has 1 aromatic carbocycles. The van der Waals surface area contributed by atoms with Crippen LogP contribution in [0.15, 0.2) is 33.5 Å². The molecule has 9 nitrogen and oxygen atoms in total. The van der Waals surface area contributed by atoms with Gasteiger partial charge in [-0.2, -0.15) is 10.2 Å². The molecule has 0 bridgehead atoms. The zero-order valence-corrected chi connectivity index (χ0v) is 17.5. The Bertz CT molecular complexity index is 1120. The number of halogens is 1. The van der Waals surface area contributed by atoms with Gasteiger partial charge in [-0.25, -0.2) is 0 Å². The zero-order valence-electron chi connectivity index (χ0n) is 15.9. The third-order valence-corrected chi connectivity index (χ3v) is 6.15. The van der Waals surface area contributed by atoms with Crippen molar-refractivity contribution in [2.24, 2.45) is 17.6 Å². The van der Waals surface area contributed by atoms with Crippen molar-refractivity contribution in [2.45, 2.75) is 18.8 Å². The summed E-state index contributed by atoms with van der Waals surface area (Å²) in [4.78, 5) is 46.2. The molecular weight excluding hydrogens is 452 g/mol. The van der Waals surface area contributed by atoms with Crippen molar-refractivity contribution in [2.75, 3.05) is 23.3 Å². The number of rotatable bonds is 3. The molecule has 1 fully saturated rings. The van der Waals surface area contributed by atoms with Crippen LogP contribution in [-0.2, 0) is 9.59 Å². The number of piperidine rings is 1. The molecule has 1 aromatic heterocycles. The number of primary amides is 1. The Hall–Kier alpha value is -3.19. The molecule has 10 heteroatoms. The van der Waals surface area contributed by atoms with Gasteiger partial charge >= 0.3 is 0 Å². The summed E-state index contributed by atoms with van der Waals surface area (Å²) in [5, 5.41) is 12.2. The predicted molar refractivity (Wildman–Crippen MR) is 113 cm³/mol. The normalized spacial score (nSPS) is 21.5. The highest BCUT2D eigenvalue weighted by Crippen LogP contribution is 2.39. The highest BCUT2D eigenvalue weighted by atomic mass is 79.9. The van der Waals surface area contributed by atoms with E-state index in [9.17, 15) is 19.6 Å². The smallest absolute Gasteiger partial charge is 0.258 e. The number of fused-ring (bicyclic) bond motifs is 1. The molecule has 3 heterocycles. The average Bonchev–Trinajstić information content (AvgIpc) is 2.72. The number of H-pyrrole nitrogens is 1. The number of aromatic amines is 1. The summed E-state index contributed by atoms with van der Waals surface area (Å²) >= 11 is 3.40. The number of amides is 2. The molecule has 2 aliphatic heterocycles. The second-order valence-electron chi connectivity index (χ2n) is 7.44. The molecule has 0 saturated carbocycles. The van der Waals surface area contributed by atoms with Crippen LogP contribution in [0.5, 0.6) is 0 Å². The highest BCUT2D eigenvalue weighted by molar-refractivity contribution is 9.10. The van der Waals surface area contributed by atoms with E-state index in [2.05, 4.69) is 31.2 Å². The first-order valence-electron chi connectivity index (χ1n) is 9.53. The Morgan fingerprint density at radius 3 is 2.67 bits per heavy atom. The number of nitrogens with two attached hydrogens (primary N) is 1. The standard InChI is InChI=1S/C20H19BrN6O3/c21-12-3-1-2-11(8-12)14-13(9-22)18(29)24-17-15(14)19(30)26-20(25-17)27-6-4-10(5-7-27)16(23)28/h1-3,8,10,13-14H,4-7H2,(H2,23,28)(H2,24,25,26,29,30). The van der Waals surface area contributed by atoms with Crippen LogP contribution in [0.25, 0.3) is 0 Å². The third kappa shape index (κ3) is 3.57. The van der Waals surface area contributed by atoms with Gasteiger partial charge in [0.25, 0.3) is 5.56 Å². The highest BCUT2D eigenvalue weighted by Gasteiger charge is 2.40. The Labute approximate surface area is 180 Å². The number of hydrogen-bond donors (Lipinski definition) is 3. The average molecular weight is 471 g/mol. The van der Waals surface area contributed by atoms with Gasteiger partial charge in [0.15, 0.2) is 0 Å². The number of hydrogen-bond acceptors (Lipinski definition) is 6. The molecule has 2 unspecified atom stereocenters. The number of carbonyl (C=O) groups excluding carboxylic acids is 2. The number of aromatic nitrogens is 2. The Kier molecular flexibility index (Phi) is 5.30. The number of anilines is 2. The van der Waals surface area contributed by atoms with Gasteiger partial charge in [0.05, 0.1) is 11.6 Å². The summed E-state index contributed by atoms with van der Waals surface area (Å²) < 4.78 is 0.780. The second-order valence-corrected chi connectivity index (χ2v) is 8.36. The van der Waals surface area contributed by atoms with Crippen molar-refractivity contribution in [1.29, 1.82) is 5.26 Å². The molecule has 2 amide bonds. The summed E-state index contributed by atoms with van der Waals surface area (Å²) in [6.07, 6.45) is 1.14. The Morgan fingerprint density at radius 1 is 1.30 bits per heavy atom. The minimum Gasteiger partial charge on any atom is -0.369 e. The largest absolute Gasteiger partial charge is 0.369 e. The van der Waals surface area contributed by atoms with Crippen molar-refractivity contribution >= 4 is 39.5 Å². The van der Waals surface area contributed by atoms with E-state index >= 15 is 0 Å². The Balaban J connectivity index is 1.75. The molecule has 154 valence electrons. The summed E-state index contributed by atoms with van der Waals surface area (Å²) in [5.74, 6) is -2.31. The lowest BCUT2D eigenvalue weighted by Crippen LogP contribution is -2.42. The molecule has 2 aliphatic rings. The molecule has 2 aromatic rings. The van der Waals surface area contributed by atoms with Crippen LogP contribution in [0.4, 0.5) is 11.8 Å². The van der Waals surface area contributed by atoms with Gasteiger partial charge in [-0.15, -0.1) is 0 Å². The molecule has 4 N–H and O–H groups in total. The van der Waals surface area contributed by atoms with Gasteiger partial charge in [0.2, 0.25) is 17.8 Å². The fourth-order valence-electron chi connectivity index (χ4n) is 4.08. The number of nitriles is 1. The fraction of sp³-hybridized carbons (Fsp3) is 0.350. The van der Waals surface area contributed by atoms with Crippen LogP contribution < -0.4 is 21.5 Å².